The molecule has 132 valence electrons. The summed E-state index contributed by atoms with van der Waals surface area (Å²) in [6, 6.07) is 9.97. The zero-order valence-corrected chi connectivity index (χ0v) is 14.7. The van der Waals surface area contributed by atoms with Crippen LogP contribution in [0.4, 0.5) is 8.78 Å². The summed E-state index contributed by atoms with van der Waals surface area (Å²) in [5.74, 6) is 1.33. The van der Waals surface area contributed by atoms with Crippen molar-refractivity contribution < 1.29 is 22.5 Å². The molecular weight excluding hydrogens is 400 g/mol. The average Bonchev–Trinajstić information content (AvgIpc) is 3.16. The van der Waals surface area contributed by atoms with Crippen LogP contribution < -0.4 is 4.74 Å². The summed E-state index contributed by atoms with van der Waals surface area (Å²) in [6.07, 6.45) is 0. The van der Waals surface area contributed by atoms with Gasteiger partial charge >= 0.3 is 6.61 Å². The average molecular weight is 414 g/mol. The van der Waals surface area contributed by atoms with Crippen LogP contribution in [0, 0.1) is 0 Å². The molecule has 9 heteroatoms. The van der Waals surface area contributed by atoms with Crippen LogP contribution in [0.25, 0.3) is 11.4 Å². The Labute approximate surface area is 150 Å². The Balaban J connectivity index is 1.70. The van der Waals surface area contributed by atoms with Gasteiger partial charge in [-0.3, -0.25) is 4.90 Å². The fraction of sp³-hybridized carbons (Fsp3) is 0.250. The number of hydrogen-bond donors (Lipinski definition) is 0. The van der Waals surface area contributed by atoms with E-state index < -0.39 is 6.61 Å². The Hall–Kier alpha value is -2.26. The first kappa shape index (κ1) is 17.6. The van der Waals surface area contributed by atoms with E-state index in [1.807, 2.05) is 24.1 Å². The molecule has 0 spiro atoms. The van der Waals surface area contributed by atoms with Gasteiger partial charge in [-0.25, -0.2) is 0 Å². The molecule has 1 aromatic carbocycles. The molecule has 3 aromatic rings. The molecule has 0 radical (unpaired) electrons. The Bertz CT molecular complexity index is 837. The molecular formula is C16H14BrF2N3O3. The van der Waals surface area contributed by atoms with Crippen molar-refractivity contribution in [3.05, 3.63) is 52.7 Å². The van der Waals surface area contributed by atoms with Crippen LogP contribution in [0.2, 0.25) is 0 Å². The maximum absolute atomic E-state index is 12.5. The van der Waals surface area contributed by atoms with Gasteiger partial charge in [-0.15, -0.1) is 0 Å². The number of halogens is 3. The Morgan fingerprint density at radius 2 is 2.00 bits per heavy atom. The Morgan fingerprint density at radius 1 is 1.20 bits per heavy atom. The van der Waals surface area contributed by atoms with Gasteiger partial charge in [0.25, 0.3) is 0 Å². The van der Waals surface area contributed by atoms with Crippen LogP contribution in [0.5, 0.6) is 5.75 Å². The van der Waals surface area contributed by atoms with Gasteiger partial charge in [0.1, 0.15) is 11.5 Å². The van der Waals surface area contributed by atoms with Gasteiger partial charge in [0.2, 0.25) is 11.7 Å². The zero-order valence-electron chi connectivity index (χ0n) is 13.2. The number of furan rings is 1. The smallest absolute Gasteiger partial charge is 0.387 e. The molecule has 0 aliphatic carbocycles. The lowest BCUT2D eigenvalue weighted by Crippen LogP contribution is -2.17. The van der Waals surface area contributed by atoms with E-state index in [0.29, 0.717) is 29.2 Å². The summed E-state index contributed by atoms with van der Waals surface area (Å²) in [7, 11) is 1.87. The topological polar surface area (TPSA) is 64.5 Å². The predicted octanol–water partition coefficient (Wildman–Crippen LogP) is 4.33. The number of benzene rings is 1. The van der Waals surface area contributed by atoms with Crippen LogP contribution in [-0.4, -0.2) is 28.7 Å². The van der Waals surface area contributed by atoms with Crippen LogP contribution >= 0.6 is 15.9 Å². The fourth-order valence-corrected chi connectivity index (χ4v) is 2.61. The first-order valence-corrected chi connectivity index (χ1v) is 8.10. The molecule has 2 aromatic heterocycles. The SMILES string of the molecule is CN(Cc1ccc(Br)o1)Cc1nc(-c2ccccc2OC(F)F)no1. The second-order valence-corrected chi connectivity index (χ2v) is 6.05. The van der Waals surface area contributed by atoms with Crippen LogP contribution in [0.3, 0.4) is 0 Å². The van der Waals surface area contributed by atoms with E-state index in [2.05, 4.69) is 30.8 Å². The molecule has 0 bridgehead atoms. The lowest BCUT2D eigenvalue weighted by molar-refractivity contribution is -0.0494. The molecule has 6 nitrogen and oxygen atoms in total. The van der Waals surface area contributed by atoms with Crippen molar-refractivity contribution in [3.8, 4) is 17.1 Å². The van der Waals surface area contributed by atoms with Crippen molar-refractivity contribution in [2.75, 3.05) is 7.05 Å². The van der Waals surface area contributed by atoms with Crippen molar-refractivity contribution in [2.45, 2.75) is 19.7 Å². The zero-order chi connectivity index (χ0) is 17.8. The highest BCUT2D eigenvalue weighted by Gasteiger charge is 2.17. The van der Waals surface area contributed by atoms with Gasteiger partial charge in [0.05, 0.1) is 18.7 Å². The quantitative estimate of drug-likeness (QED) is 0.574. The van der Waals surface area contributed by atoms with E-state index in [4.69, 9.17) is 8.94 Å². The van der Waals surface area contributed by atoms with Crippen LogP contribution in [-0.2, 0) is 13.1 Å². The second-order valence-electron chi connectivity index (χ2n) is 5.26. The molecule has 25 heavy (non-hydrogen) atoms. The molecule has 0 saturated heterocycles. The minimum Gasteiger partial charge on any atom is -0.453 e. The summed E-state index contributed by atoms with van der Waals surface area (Å²) in [5.41, 5.74) is 0.343. The van der Waals surface area contributed by atoms with E-state index in [1.165, 1.54) is 6.07 Å². The molecule has 0 atom stereocenters. The van der Waals surface area contributed by atoms with Crippen molar-refractivity contribution in [1.82, 2.24) is 15.0 Å². The third-order valence-corrected chi connectivity index (χ3v) is 3.70. The number of aromatic nitrogens is 2. The fourth-order valence-electron chi connectivity index (χ4n) is 2.27. The van der Waals surface area contributed by atoms with E-state index in [-0.39, 0.29) is 11.6 Å². The summed E-state index contributed by atoms with van der Waals surface area (Å²) >= 11 is 3.25. The number of para-hydroxylation sites is 1. The number of rotatable bonds is 7. The lowest BCUT2D eigenvalue weighted by Gasteiger charge is -2.11. The number of ether oxygens (including phenoxy) is 1. The van der Waals surface area contributed by atoms with Crippen molar-refractivity contribution in [1.29, 1.82) is 0 Å². The first-order chi connectivity index (χ1) is 12.0. The minimum absolute atomic E-state index is 0.00126. The summed E-state index contributed by atoms with van der Waals surface area (Å²) in [6.45, 7) is -2.00. The van der Waals surface area contributed by atoms with Crippen molar-refractivity contribution in [2.24, 2.45) is 0 Å². The van der Waals surface area contributed by atoms with E-state index in [0.717, 1.165) is 5.76 Å². The molecule has 0 N–H and O–H groups in total. The predicted molar refractivity (Wildman–Crippen MR) is 87.9 cm³/mol. The molecule has 0 aliphatic rings. The maximum atomic E-state index is 12.5. The number of nitrogens with zero attached hydrogens (tertiary/aromatic N) is 3. The molecule has 0 aliphatic heterocycles. The van der Waals surface area contributed by atoms with Crippen molar-refractivity contribution >= 4 is 15.9 Å². The summed E-state index contributed by atoms with van der Waals surface area (Å²) in [4.78, 5) is 6.17. The molecule has 0 unspecified atom stereocenters. The van der Waals surface area contributed by atoms with Gasteiger partial charge in [-0.1, -0.05) is 17.3 Å². The Kier molecular flexibility index (Phi) is 5.44. The molecule has 0 amide bonds. The maximum Gasteiger partial charge on any atom is 0.387 e. The standard InChI is InChI=1S/C16H14BrF2N3O3/c1-22(8-10-6-7-13(17)23-10)9-14-20-15(21-25-14)11-4-2-3-5-12(11)24-16(18)19/h2-7,16H,8-9H2,1H3. The van der Waals surface area contributed by atoms with Gasteiger partial charge in [0, 0.05) is 0 Å². The lowest BCUT2D eigenvalue weighted by atomic mass is 10.2. The second kappa shape index (κ2) is 7.75. The van der Waals surface area contributed by atoms with Gasteiger partial charge in [-0.2, -0.15) is 13.8 Å². The highest BCUT2D eigenvalue weighted by atomic mass is 79.9. The number of alkyl halides is 2. The minimum atomic E-state index is -2.92. The van der Waals surface area contributed by atoms with Crippen LogP contribution in [0.15, 0.2) is 50.0 Å². The highest BCUT2D eigenvalue weighted by Crippen LogP contribution is 2.29. The summed E-state index contributed by atoms with van der Waals surface area (Å²) < 4.78 is 40.8. The molecule has 0 saturated carbocycles. The third-order valence-electron chi connectivity index (χ3n) is 3.27. The largest absolute Gasteiger partial charge is 0.453 e. The highest BCUT2D eigenvalue weighted by molar-refractivity contribution is 9.10. The van der Waals surface area contributed by atoms with Gasteiger partial charge < -0.3 is 13.7 Å². The monoisotopic (exact) mass is 413 g/mol. The first-order valence-electron chi connectivity index (χ1n) is 7.31. The number of hydrogen-bond acceptors (Lipinski definition) is 6. The van der Waals surface area contributed by atoms with E-state index in [9.17, 15) is 8.78 Å². The molecule has 2 heterocycles. The molecule has 3 rings (SSSR count). The Morgan fingerprint density at radius 3 is 2.72 bits per heavy atom. The van der Waals surface area contributed by atoms with Gasteiger partial charge in [-0.05, 0) is 47.2 Å². The van der Waals surface area contributed by atoms with Gasteiger partial charge in [0.15, 0.2) is 4.67 Å². The van der Waals surface area contributed by atoms with E-state index >= 15 is 0 Å². The summed E-state index contributed by atoms with van der Waals surface area (Å²) in [5, 5.41) is 3.85. The van der Waals surface area contributed by atoms with Crippen molar-refractivity contribution in [3.63, 3.8) is 0 Å². The normalized spacial score (nSPS) is 11.4. The van der Waals surface area contributed by atoms with Crippen LogP contribution in [0.1, 0.15) is 11.7 Å². The van der Waals surface area contributed by atoms with E-state index in [1.54, 1.807) is 18.2 Å². The third kappa shape index (κ3) is 4.64. The molecule has 0 fully saturated rings.